The second kappa shape index (κ2) is 6.77. The Hall–Kier alpha value is -1.52. The monoisotopic (exact) mass is 352 g/mol. The van der Waals surface area contributed by atoms with Crippen LogP contribution in [0, 0.1) is 0 Å². The number of halogens is 2. The van der Waals surface area contributed by atoms with Gasteiger partial charge in [0.25, 0.3) is 5.91 Å². The SMILES string of the molecule is CNc1ccc(Cl)cc1C(=O)NCc1ccc(Br)cc1. The molecule has 1 amide bonds. The third-order valence-corrected chi connectivity index (χ3v) is 3.63. The number of carbonyl (C=O) groups excluding carboxylic acids is 1. The lowest BCUT2D eigenvalue weighted by Crippen LogP contribution is -2.23. The summed E-state index contributed by atoms with van der Waals surface area (Å²) in [5.74, 6) is -0.153. The number of benzene rings is 2. The van der Waals surface area contributed by atoms with E-state index in [1.807, 2.05) is 24.3 Å². The molecule has 2 aromatic rings. The van der Waals surface area contributed by atoms with Gasteiger partial charge in [-0.05, 0) is 35.9 Å². The Kier molecular flexibility index (Phi) is 5.04. The molecule has 2 rings (SSSR count). The Morgan fingerprint density at radius 2 is 1.90 bits per heavy atom. The van der Waals surface area contributed by atoms with Crippen molar-refractivity contribution in [2.45, 2.75) is 6.54 Å². The number of hydrogen-bond acceptors (Lipinski definition) is 2. The standard InChI is InChI=1S/C15H14BrClN2O/c1-18-14-7-6-12(17)8-13(14)15(20)19-9-10-2-4-11(16)5-3-10/h2-8,18H,9H2,1H3,(H,19,20). The van der Waals surface area contributed by atoms with Gasteiger partial charge in [-0.2, -0.15) is 0 Å². The topological polar surface area (TPSA) is 41.1 Å². The van der Waals surface area contributed by atoms with E-state index in [0.29, 0.717) is 17.1 Å². The Morgan fingerprint density at radius 1 is 1.20 bits per heavy atom. The van der Waals surface area contributed by atoms with Crippen LogP contribution in [0.2, 0.25) is 5.02 Å². The molecule has 0 atom stereocenters. The van der Waals surface area contributed by atoms with Crippen molar-refractivity contribution in [2.24, 2.45) is 0 Å². The highest BCUT2D eigenvalue weighted by molar-refractivity contribution is 9.10. The first kappa shape index (κ1) is 14.9. The lowest BCUT2D eigenvalue weighted by molar-refractivity contribution is 0.0951. The summed E-state index contributed by atoms with van der Waals surface area (Å²) >= 11 is 9.32. The largest absolute Gasteiger partial charge is 0.387 e. The van der Waals surface area contributed by atoms with E-state index in [4.69, 9.17) is 11.6 Å². The summed E-state index contributed by atoms with van der Waals surface area (Å²) in [6.07, 6.45) is 0. The Bertz CT molecular complexity index is 614. The van der Waals surface area contributed by atoms with Crippen LogP contribution in [-0.4, -0.2) is 13.0 Å². The van der Waals surface area contributed by atoms with Crippen molar-refractivity contribution in [3.8, 4) is 0 Å². The van der Waals surface area contributed by atoms with E-state index in [1.54, 1.807) is 25.2 Å². The maximum Gasteiger partial charge on any atom is 0.253 e. The molecule has 2 N–H and O–H groups in total. The van der Waals surface area contributed by atoms with E-state index in [9.17, 15) is 4.79 Å². The van der Waals surface area contributed by atoms with Gasteiger partial charge in [-0.15, -0.1) is 0 Å². The van der Waals surface area contributed by atoms with Gasteiger partial charge >= 0.3 is 0 Å². The summed E-state index contributed by atoms with van der Waals surface area (Å²) in [5.41, 5.74) is 2.33. The fourth-order valence-corrected chi connectivity index (χ4v) is 2.24. The van der Waals surface area contributed by atoms with Crippen LogP contribution in [0.4, 0.5) is 5.69 Å². The number of anilines is 1. The number of rotatable bonds is 4. The van der Waals surface area contributed by atoms with E-state index in [-0.39, 0.29) is 5.91 Å². The summed E-state index contributed by atoms with van der Waals surface area (Å²) in [6, 6.07) is 13.0. The van der Waals surface area contributed by atoms with Crippen molar-refractivity contribution in [1.82, 2.24) is 5.32 Å². The number of nitrogens with one attached hydrogen (secondary N) is 2. The Morgan fingerprint density at radius 3 is 2.55 bits per heavy atom. The summed E-state index contributed by atoms with van der Waals surface area (Å²) in [7, 11) is 1.77. The fourth-order valence-electron chi connectivity index (χ4n) is 1.80. The van der Waals surface area contributed by atoms with Gasteiger partial charge in [-0.1, -0.05) is 39.7 Å². The van der Waals surface area contributed by atoms with Gasteiger partial charge in [0.15, 0.2) is 0 Å². The lowest BCUT2D eigenvalue weighted by atomic mass is 10.1. The van der Waals surface area contributed by atoms with Gasteiger partial charge in [-0.25, -0.2) is 0 Å². The van der Waals surface area contributed by atoms with E-state index < -0.39 is 0 Å². The number of carbonyl (C=O) groups is 1. The van der Waals surface area contributed by atoms with Crippen molar-refractivity contribution >= 4 is 39.1 Å². The minimum Gasteiger partial charge on any atom is -0.387 e. The van der Waals surface area contributed by atoms with Crippen LogP contribution < -0.4 is 10.6 Å². The van der Waals surface area contributed by atoms with Gasteiger partial charge in [0, 0.05) is 28.8 Å². The van der Waals surface area contributed by atoms with Crippen LogP contribution in [0.15, 0.2) is 46.9 Å². The Labute approximate surface area is 131 Å². The summed E-state index contributed by atoms with van der Waals surface area (Å²) < 4.78 is 1.01. The zero-order valence-electron chi connectivity index (χ0n) is 10.9. The van der Waals surface area contributed by atoms with Gasteiger partial charge in [-0.3, -0.25) is 4.79 Å². The molecular weight excluding hydrogens is 340 g/mol. The molecular formula is C15H14BrClN2O. The third kappa shape index (κ3) is 3.74. The highest BCUT2D eigenvalue weighted by Crippen LogP contribution is 2.20. The number of amides is 1. The molecule has 5 heteroatoms. The summed E-state index contributed by atoms with van der Waals surface area (Å²) in [6.45, 7) is 0.474. The first-order chi connectivity index (χ1) is 9.60. The molecule has 0 aromatic heterocycles. The smallest absolute Gasteiger partial charge is 0.253 e. The van der Waals surface area contributed by atoms with Crippen molar-refractivity contribution in [3.05, 3.63) is 63.1 Å². The zero-order chi connectivity index (χ0) is 14.5. The molecule has 0 unspecified atom stereocenters. The van der Waals surface area contributed by atoms with Crippen LogP contribution in [0.25, 0.3) is 0 Å². The molecule has 0 aliphatic carbocycles. The molecule has 0 bridgehead atoms. The molecule has 0 aliphatic rings. The quantitative estimate of drug-likeness (QED) is 0.870. The average molecular weight is 354 g/mol. The molecule has 0 radical (unpaired) electrons. The van der Waals surface area contributed by atoms with E-state index in [2.05, 4.69) is 26.6 Å². The third-order valence-electron chi connectivity index (χ3n) is 2.86. The molecule has 0 heterocycles. The van der Waals surface area contributed by atoms with E-state index in [1.165, 1.54) is 0 Å². The molecule has 0 spiro atoms. The summed E-state index contributed by atoms with van der Waals surface area (Å²) in [5, 5.41) is 6.41. The minimum atomic E-state index is -0.153. The van der Waals surface area contributed by atoms with Crippen LogP contribution in [0.5, 0.6) is 0 Å². The first-order valence-electron chi connectivity index (χ1n) is 6.10. The highest BCUT2D eigenvalue weighted by Gasteiger charge is 2.11. The minimum absolute atomic E-state index is 0.153. The summed E-state index contributed by atoms with van der Waals surface area (Å²) in [4.78, 5) is 12.2. The highest BCUT2D eigenvalue weighted by atomic mass is 79.9. The van der Waals surface area contributed by atoms with E-state index >= 15 is 0 Å². The van der Waals surface area contributed by atoms with Gasteiger partial charge in [0.1, 0.15) is 0 Å². The van der Waals surface area contributed by atoms with Crippen molar-refractivity contribution in [2.75, 3.05) is 12.4 Å². The van der Waals surface area contributed by atoms with Gasteiger partial charge in [0.05, 0.1) is 5.56 Å². The predicted octanol–water partition coefficient (Wildman–Crippen LogP) is 4.07. The Balaban J connectivity index is 2.08. The van der Waals surface area contributed by atoms with Crippen LogP contribution in [0.3, 0.4) is 0 Å². The van der Waals surface area contributed by atoms with E-state index in [0.717, 1.165) is 15.7 Å². The van der Waals surface area contributed by atoms with Crippen LogP contribution in [-0.2, 0) is 6.54 Å². The maximum atomic E-state index is 12.2. The fraction of sp³-hybridized carbons (Fsp3) is 0.133. The second-order valence-electron chi connectivity index (χ2n) is 4.25. The first-order valence-corrected chi connectivity index (χ1v) is 7.27. The molecule has 0 fully saturated rings. The number of hydrogen-bond donors (Lipinski definition) is 2. The normalized spacial score (nSPS) is 10.2. The van der Waals surface area contributed by atoms with Crippen molar-refractivity contribution < 1.29 is 4.79 Å². The predicted molar refractivity (Wildman–Crippen MR) is 86.3 cm³/mol. The zero-order valence-corrected chi connectivity index (χ0v) is 13.3. The molecule has 0 aliphatic heterocycles. The van der Waals surface area contributed by atoms with Crippen molar-refractivity contribution in [1.29, 1.82) is 0 Å². The van der Waals surface area contributed by atoms with Crippen LogP contribution >= 0.6 is 27.5 Å². The molecule has 3 nitrogen and oxygen atoms in total. The van der Waals surface area contributed by atoms with Gasteiger partial charge in [0.2, 0.25) is 0 Å². The molecule has 0 saturated heterocycles. The molecule has 104 valence electrons. The van der Waals surface area contributed by atoms with Crippen molar-refractivity contribution in [3.63, 3.8) is 0 Å². The molecule has 0 saturated carbocycles. The van der Waals surface area contributed by atoms with Gasteiger partial charge < -0.3 is 10.6 Å². The van der Waals surface area contributed by atoms with Crippen LogP contribution in [0.1, 0.15) is 15.9 Å². The second-order valence-corrected chi connectivity index (χ2v) is 5.60. The maximum absolute atomic E-state index is 12.2. The average Bonchev–Trinajstić information content (AvgIpc) is 2.46. The molecule has 2 aromatic carbocycles. The molecule has 20 heavy (non-hydrogen) atoms. The lowest BCUT2D eigenvalue weighted by Gasteiger charge is -2.10.